The van der Waals surface area contributed by atoms with Gasteiger partial charge in [0.15, 0.2) is 0 Å². The number of rotatable bonds is 5. The molecule has 1 aromatic carbocycles. The standard InChI is InChI=1S/C13H17FO/c1-10(2)7-11(9-15)8-12-5-3-4-6-13(12)14/h3-6,9-11H,7-8H2,1-2H3. The van der Waals surface area contributed by atoms with E-state index in [1.165, 1.54) is 6.07 Å². The maximum absolute atomic E-state index is 13.3. The van der Waals surface area contributed by atoms with Crippen LogP contribution in [0.4, 0.5) is 4.39 Å². The van der Waals surface area contributed by atoms with Crippen LogP contribution in [0.25, 0.3) is 0 Å². The molecular formula is C13H17FO. The molecule has 0 N–H and O–H groups in total. The predicted octanol–water partition coefficient (Wildman–Crippen LogP) is 3.23. The van der Waals surface area contributed by atoms with Crippen LogP contribution in [0.2, 0.25) is 0 Å². The Morgan fingerprint density at radius 1 is 1.33 bits per heavy atom. The van der Waals surface area contributed by atoms with Crippen LogP contribution in [0.3, 0.4) is 0 Å². The summed E-state index contributed by atoms with van der Waals surface area (Å²) in [5.41, 5.74) is 0.634. The second kappa shape index (κ2) is 5.64. The van der Waals surface area contributed by atoms with Gasteiger partial charge in [0.2, 0.25) is 0 Å². The van der Waals surface area contributed by atoms with Crippen molar-refractivity contribution in [3.05, 3.63) is 35.6 Å². The molecule has 2 heteroatoms. The number of aldehydes is 1. The van der Waals surface area contributed by atoms with Gasteiger partial charge in [0.05, 0.1) is 0 Å². The molecule has 0 radical (unpaired) electrons. The van der Waals surface area contributed by atoms with Crippen LogP contribution >= 0.6 is 0 Å². The molecule has 0 saturated heterocycles. The van der Waals surface area contributed by atoms with Gasteiger partial charge in [0.1, 0.15) is 12.1 Å². The molecule has 1 unspecified atom stereocenters. The fourth-order valence-corrected chi connectivity index (χ4v) is 1.74. The molecule has 0 heterocycles. The zero-order valence-electron chi connectivity index (χ0n) is 9.24. The van der Waals surface area contributed by atoms with Gasteiger partial charge < -0.3 is 4.79 Å². The summed E-state index contributed by atoms with van der Waals surface area (Å²) in [4.78, 5) is 10.8. The normalized spacial score (nSPS) is 12.8. The molecule has 0 saturated carbocycles. The summed E-state index contributed by atoms with van der Waals surface area (Å²) in [5, 5.41) is 0. The van der Waals surface area contributed by atoms with E-state index in [1.807, 2.05) is 0 Å². The number of halogens is 1. The van der Waals surface area contributed by atoms with E-state index in [9.17, 15) is 9.18 Å². The van der Waals surface area contributed by atoms with Crippen molar-refractivity contribution in [1.82, 2.24) is 0 Å². The van der Waals surface area contributed by atoms with Crippen LogP contribution in [-0.2, 0) is 11.2 Å². The summed E-state index contributed by atoms with van der Waals surface area (Å²) in [6.45, 7) is 4.13. The Morgan fingerprint density at radius 3 is 2.53 bits per heavy atom. The molecule has 0 aliphatic rings. The molecule has 1 rings (SSSR count). The molecule has 15 heavy (non-hydrogen) atoms. The van der Waals surface area contributed by atoms with Crippen molar-refractivity contribution < 1.29 is 9.18 Å². The molecule has 0 aromatic heterocycles. The van der Waals surface area contributed by atoms with Crippen LogP contribution in [0.1, 0.15) is 25.8 Å². The summed E-state index contributed by atoms with van der Waals surface area (Å²) in [7, 11) is 0. The first-order chi connectivity index (χ1) is 7.13. The molecule has 0 bridgehead atoms. The molecular weight excluding hydrogens is 191 g/mol. The molecule has 0 aliphatic heterocycles. The summed E-state index contributed by atoms with van der Waals surface area (Å²) >= 11 is 0. The van der Waals surface area contributed by atoms with Crippen molar-refractivity contribution in [2.75, 3.05) is 0 Å². The lowest BCUT2D eigenvalue weighted by Crippen LogP contribution is -2.10. The first-order valence-corrected chi connectivity index (χ1v) is 5.32. The van der Waals surface area contributed by atoms with Crippen LogP contribution < -0.4 is 0 Å². The predicted molar refractivity (Wildman–Crippen MR) is 59.1 cm³/mol. The third-order valence-corrected chi connectivity index (χ3v) is 2.41. The fraction of sp³-hybridized carbons (Fsp3) is 0.462. The van der Waals surface area contributed by atoms with Gasteiger partial charge in [-0.05, 0) is 30.4 Å². The first-order valence-electron chi connectivity index (χ1n) is 5.32. The second-order valence-corrected chi connectivity index (χ2v) is 4.32. The third kappa shape index (κ3) is 3.82. The van der Waals surface area contributed by atoms with E-state index in [2.05, 4.69) is 13.8 Å². The second-order valence-electron chi connectivity index (χ2n) is 4.32. The molecule has 1 aromatic rings. The van der Waals surface area contributed by atoms with Crippen molar-refractivity contribution >= 4 is 6.29 Å². The van der Waals surface area contributed by atoms with E-state index < -0.39 is 0 Å². The third-order valence-electron chi connectivity index (χ3n) is 2.41. The topological polar surface area (TPSA) is 17.1 Å². The highest BCUT2D eigenvalue weighted by Crippen LogP contribution is 2.17. The molecule has 0 fully saturated rings. The van der Waals surface area contributed by atoms with Crippen LogP contribution in [0, 0.1) is 17.7 Å². The van der Waals surface area contributed by atoms with Gasteiger partial charge in [0.25, 0.3) is 0 Å². The minimum Gasteiger partial charge on any atom is -0.303 e. The van der Waals surface area contributed by atoms with Crippen molar-refractivity contribution in [2.24, 2.45) is 11.8 Å². The monoisotopic (exact) mass is 208 g/mol. The Labute approximate surface area is 90.3 Å². The van der Waals surface area contributed by atoms with E-state index in [1.54, 1.807) is 18.2 Å². The fourth-order valence-electron chi connectivity index (χ4n) is 1.74. The zero-order chi connectivity index (χ0) is 11.3. The summed E-state index contributed by atoms with van der Waals surface area (Å²) in [6.07, 6.45) is 2.26. The minimum absolute atomic E-state index is 0.0677. The number of hydrogen-bond donors (Lipinski definition) is 0. The highest BCUT2D eigenvalue weighted by molar-refractivity contribution is 5.54. The molecule has 0 aliphatic carbocycles. The lowest BCUT2D eigenvalue weighted by atomic mass is 9.92. The molecule has 1 nitrogen and oxygen atoms in total. The van der Waals surface area contributed by atoms with Gasteiger partial charge >= 0.3 is 0 Å². The highest BCUT2D eigenvalue weighted by atomic mass is 19.1. The Bertz CT molecular complexity index is 320. The molecule has 0 spiro atoms. The largest absolute Gasteiger partial charge is 0.303 e. The van der Waals surface area contributed by atoms with Gasteiger partial charge in [-0.15, -0.1) is 0 Å². The first kappa shape index (κ1) is 11.9. The van der Waals surface area contributed by atoms with Crippen molar-refractivity contribution in [3.8, 4) is 0 Å². The Balaban J connectivity index is 2.66. The van der Waals surface area contributed by atoms with Gasteiger partial charge in [-0.25, -0.2) is 4.39 Å². The van der Waals surface area contributed by atoms with Gasteiger partial charge in [-0.3, -0.25) is 0 Å². The minimum atomic E-state index is -0.215. The van der Waals surface area contributed by atoms with Gasteiger partial charge in [-0.2, -0.15) is 0 Å². The summed E-state index contributed by atoms with van der Waals surface area (Å²) < 4.78 is 13.3. The SMILES string of the molecule is CC(C)CC(C=O)Cc1ccccc1F. The van der Waals surface area contributed by atoms with Crippen molar-refractivity contribution in [1.29, 1.82) is 0 Å². The van der Waals surface area contributed by atoms with Crippen molar-refractivity contribution in [3.63, 3.8) is 0 Å². The lowest BCUT2D eigenvalue weighted by molar-refractivity contribution is -0.111. The number of carbonyl (C=O) groups is 1. The van der Waals surface area contributed by atoms with Gasteiger partial charge in [0, 0.05) is 5.92 Å². The van der Waals surface area contributed by atoms with E-state index in [0.717, 1.165) is 12.7 Å². The van der Waals surface area contributed by atoms with E-state index in [-0.39, 0.29) is 11.7 Å². The van der Waals surface area contributed by atoms with E-state index in [4.69, 9.17) is 0 Å². The molecule has 1 atom stereocenters. The zero-order valence-corrected chi connectivity index (χ0v) is 9.24. The maximum Gasteiger partial charge on any atom is 0.126 e. The number of hydrogen-bond acceptors (Lipinski definition) is 1. The summed E-state index contributed by atoms with van der Waals surface area (Å²) in [5.74, 6) is 0.182. The van der Waals surface area contributed by atoms with Gasteiger partial charge in [-0.1, -0.05) is 32.0 Å². The molecule has 82 valence electrons. The quantitative estimate of drug-likeness (QED) is 0.679. The van der Waals surface area contributed by atoms with Crippen LogP contribution in [0.15, 0.2) is 24.3 Å². The number of carbonyl (C=O) groups excluding carboxylic acids is 1. The Hall–Kier alpha value is -1.18. The van der Waals surface area contributed by atoms with Crippen LogP contribution in [0.5, 0.6) is 0 Å². The number of benzene rings is 1. The molecule has 0 amide bonds. The maximum atomic E-state index is 13.3. The Morgan fingerprint density at radius 2 is 2.00 bits per heavy atom. The Kier molecular flexibility index (Phi) is 4.47. The van der Waals surface area contributed by atoms with E-state index >= 15 is 0 Å². The lowest BCUT2D eigenvalue weighted by Gasteiger charge is -2.12. The van der Waals surface area contributed by atoms with E-state index in [0.29, 0.717) is 17.9 Å². The van der Waals surface area contributed by atoms with Crippen molar-refractivity contribution in [2.45, 2.75) is 26.7 Å². The smallest absolute Gasteiger partial charge is 0.126 e. The highest BCUT2D eigenvalue weighted by Gasteiger charge is 2.12. The average molecular weight is 208 g/mol. The summed E-state index contributed by atoms with van der Waals surface area (Å²) in [6, 6.07) is 6.64. The van der Waals surface area contributed by atoms with Crippen LogP contribution in [-0.4, -0.2) is 6.29 Å². The average Bonchev–Trinajstić information content (AvgIpc) is 2.19.